The first kappa shape index (κ1) is 12.0. The summed E-state index contributed by atoms with van der Waals surface area (Å²) in [4.78, 5) is 0. The first-order chi connectivity index (χ1) is 5.61. The minimum absolute atomic E-state index is 0.728. The van der Waals surface area contributed by atoms with Crippen molar-refractivity contribution >= 4 is 0 Å². The molecule has 1 unspecified atom stereocenters. The largest absolute Gasteiger partial charge is 0.314 e. The lowest BCUT2D eigenvalue weighted by Crippen LogP contribution is -2.33. The van der Waals surface area contributed by atoms with Crippen molar-refractivity contribution in [1.82, 2.24) is 5.32 Å². The van der Waals surface area contributed by atoms with Gasteiger partial charge < -0.3 is 5.32 Å². The molecule has 0 radical (unpaired) electrons. The zero-order valence-electron chi connectivity index (χ0n) is 9.35. The third-order valence-corrected chi connectivity index (χ3v) is 2.85. The van der Waals surface area contributed by atoms with Crippen LogP contribution in [-0.2, 0) is 0 Å². The molecule has 1 atom stereocenters. The van der Waals surface area contributed by atoms with Crippen LogP contribution in [0.2, 0.25) is 0 Å². The number of hydrogen-bond acceptors (Lipinski definition) is 1. The van der Waals surface area contributed by atoms with Gasteiger partial charge in [0.25, 0.3) is 0 Å². The van der Waals surface area contributed by atoms with E-state index in [0.717, 1.165) is 17.9 Å². The maximum absolute atomic E-state index is 3.60. The molecule has 0 aromatic rings. The van der Waals surface area contributed by atoms with Gasteiger partial charge in [-0.25, -0.2) is 0 Å². The van der Waals surface area contributed by atoms with Crippen LogP contribution in [0.3, 0.4) is 0 Å². The molecule has 0 saturated carbocycles. The molecule has 1 heteroatoms. The molecule has 0 aliphatic heterocycles. The first-order valence-electron chi connectivity index (χ1n) is 5.35. The maximum Gasteiger partial charge on any atom is 0.00619 e. The molecule has 0 rings (SSSR count). The Morgan fingerprint density at radius 3 is 1.83 bits per heavy atom. The van der Waals surface area contributed by atoms with Crippen LogP contribution < -0.4 is 5.32 Å². The Balaban J connectivity index is 3.51. The molecule has 0 saturated heterocycles. The Hall–Kier alpha value is -0.0400. The summed E-state index contributed by atoms with van der Waals surface area (Å²) in [5, 5.41) is 3.60. The van der Waals surface area contributed by atoms with Gasteiger partial charge in [-0.3, -0.25) is 0 Å². The molecular formula is C11H25N. The van der Waals surface area contributed by atoms with E-state index in [9.17, 15) is 0 Å². The summed E-state index contributed by atoms with van der Waals surface area (Å²) in [7, 11) is 0. The van der Waals surface area contributed by atoms with Crippen molar-refractivity contribution in [2.24, 2.45) is 11.8 Å². The van der Waals surface area contributed by atoms with Crippen LogP contribution in [0.5, 0.6) is 0 Å². The molecule has 0 bridgehead atoms. The number of rotatable bonds is 6. The number of hydrogen-bond donors (Lipinski definition) is 1. The van der Waals surface area contributed by atoms with Crippen LogP contribution >= 0.6 is 0 Å². The maximum atomic E-state index is 3.60. The average Bonchev–Trinajstić information content (AvgIpc) is 2.05. The van der Waals surface area contributed by atoms with Crippen LogP contribution in [0.1, 0.15) is 47.5 Å². The fourth-order valence-electron chi connectivity index (χ4n) is 1.17. The molecule has 0 heterocycles. The third-order valence-electron chi connectivity index (χ3n) is 2.85. The summed E-state index contributed by atoms with van der Waals surface area (Å²) >= 11 is 0. The van der Waals surface area contributed by atoms with Gasteiger partial charge in [0.2, 0.25) is 0 Å². The predicted molar refractivity (Wildman–Crippen MR) is 56.4 cm³/mol. The lowest BCUT2D eigenvalue weighted by Gasteiger charge is -2.20. The fraction of sp³-hybridized carbons (Fsp3) is 1.00. The van der Waals surface area contributed by atoms with E-state index in [1.807, 2.05) is 0 Å². The summed E-state index contributed by atoms with van der Waals surface area (Å²) < 4.78 is 0. The van der Waals surface area contributed by atoms with Gasteiger partial charge in [-0.2, -0.15) is 0 Å². The Bertz CT molecular complexity index is 93.2. The van der Waals surface area contributed by atoms with E-state index in [2.05, 4.69) is 39.9 Å². The van der Waals surface area contributed by atoms with Crippen molar-refractivity contribution in [1.29, 1.82) is 0 Å². The zero-order valence-corrected chi connectivity index (χ0v) is 9.35. The van der Waals surface area contributed by atoms with Crippen molar-refractivity contribution in [3.8, 4) is 0 Å². The highest BCUT2D eigenvalue weighted by Crippen LogP contribution is 2.08. The summed E-state index contributed by atoms with van der Waals surface area (Å²) in [5.41, 5.74) is 0. The van der Waals surface area contributed by atoms with E-state index in [1.165, 1.54) is 19.4 Å². The average molecular weight is 171 g/mol. The molecule has 0 aromatic heterocycles. The van der Waals surface area contributed by atoms with Crippen molar-refractivity contribution in [3.63, 3.8) is 0 Å². The van der Waals surface area contributed by atoms with Crippen LogP contribution in [0, 0.1) is 11.8 Å². The van der Waals surface area contributed by atoms with Crippen molar-refractivity contribution < 1.29 is 0 Å². The smallest absolute Gasteiger partial charge is 0.00619 e. The lowest BCUT2D eigenvalue weighted by atomic mass is 9.97. The van der Waals surface area contributed by atoms with E-state index in [-0.39, 0.29) is 0 Å². The molecule has 0 fully saturated rings. The van der Waals surface area contributed by atoms with E-state index < -0.39 is 0 Å². The summed E-state index contributed by atoms with van der Waals surface area (Å²) in [6.45, 7) is 12.6. The Morgan fingerprint density at radius 1 is 1.00 bits per heavy atom. The van der Waals surface area contributed by atoms with Gasteiger partial charge >= 0.3 is 0 Å². The van der Waals surface area contributed by atoms with E-state index in [1.54, 1.807) is 0 Å². The van der Waals surface area contributed by atoms with Crippen molar-refractivity contribution in [2.45, 2.75) is 53.5 Å². The van der Waals surface area contributed by atoms with Crippen molar-refractivity contribution in [2.75, 3.05) is 6.54 Å². The third kappa shape index (κ3) is 4.76. The molecule has 0 aromatic carbocycles. The standard InChI is InChI=1S/C11H25N/c1-6-11(7-2)12-8-10(5)9(3)4/h9-12H,6-8H2,1-5H3. The fourth-order valence-corrected chi connectivity index (χ4v) is 1.17. The highest BCUT2D eigenvalue weighted by Gasteiger charge is 2.08. The van der Waals surface area contributed by atoms with Gasteiger partial charge in [0, 0.05) is 6.04 Å². The molecule has 0 amide bonds. The van der Waals surface area contributed by atoms with Gasteiger partial charge in [0.15, 0.2) is 0 Å². The predicted octanol–water partition coefficient (Wildman–Crippen LogP) is 3.06. The summed E-state index contributed by atoms with van der Waals surface area (Å²) in [6.07, 6.45) is 2.50. The normalized spacial score (nSPS) is 14.2. The van der Waals surface area contributed by atoms with Crippen LogP contribution in [0.15, 0.2) is 0 Å². The Labute approximate surface area is 77.9 Å². The second kappa shape index (κ2) is 6.47. The summed E-state index contributed by atoms with van der Waals surface area (Å²) in [5.74, 6) is 1.59. The highest BCUT2D eigenvalue weighted by atomic mass is 14.9. The second-order valence-electron chi connectivity index (χ2n) is 4.14. The molecule has 1 N–H and O–H groups in total. The second-order valence-corrected chi connectivity index (χ2v) is 4.14. The molecule has 0 aliphatic carbocycles. The van der Waals surface area contributed by atoms with E-state index in [0.29, 0.717) is 0 Å². The summed E-state index contributed by atoms with van der Waals surface area (Å²) in [6, 6.07) is 0.728. The Kier molecular flexibility index (Phi) is 6.45. The lowest BCUT2D eigenvalue weighted by molar-refractivity contribution is 0.359. The van der Waals surface area contributed by atoms with Crippen LogP contribution in [-0.4, -0.2) is 12.6 Å². The zero-order chi connectivity index (χ0) is 9.56. The first-order valence-corrected chi connectivity index (χ1v) is 5.35. The minimum atomic E-state index is 0.728. The number of nitrogens with one attached hydrogen (secondary N) is 1. The van der Waals surface area contributed by atoms with Gasteiger partial charge in [-0.15, -0.1) is 0 Å². The van der Waals surface area contributed by atoms with Gasteiger partial charge in [-0.05, 0) is 31.2 Å². The van der Waals surface area contributed by atoms with Gasteiger partial charge in [0.05, 0.1) is 0 Å². The molecule has 74 valence electrons. The molecule has 1 nitrogen and oxygen atoms in total. The van der Waals surface area contributed by atoms with Gasteiger partial charge in [-0.1, -0.05) is 34.6 Å². The molecule has 0 aliphatic rings. The monoisotopic (exact) mass is 171 g/mol. The highest BCUT2D eigenvalue weighted by molar-refractivity contribution is 4.66. The van der Waals surface area contributed by atoms with Gasteiger partial charge in [0.1, 0.15) is 0 Å². The van der Waals surface area contributed by atoms with Crippen LogP contribution in [0.25, 0.3) is 0 Å². The van der Waals surface area contributed by atoms with Crippen LogP contribution in [0.4, 0.5) is 0 Å². The van der Waals surface area contributed by atoms with E-state index in [4.69, 9.17) is 0 Å². The minimum Gasteiger partial charge on any atom is -0.314 e. The van der Waals surface area contributed by atoms with E-state index >= 15 is 0 Å². The molecular weight excluding hydrogens is 146 g/mol. The SMILES string of the molecule is CCC(CC)NCC(C)C(C)C. The molecule has 12 heavy (non-hydrogen) atoms. The van der Waals surface area contributed by atoms with Crippen molar-refractivity contribution in [3.05, 3.63) is 0 Å². The topological polar surface area (TPSA) is 12.0 Å². The Morgan fingerprint density at radius 2 is 1.50 bits per heavy atom. The quantitative estimate of drug-likeness (QED) is 0.647. The molecule has 0 spiro atoms.